The normalized spacial score (nSPS) is 11.3. The monoisotopic (exact) mass is 707 g/mol. The Kier molecular flexibility index (Phi) is 33.7. The van der Waals surface area contributed by atoms with Crippen molar-refractivity contribution in [3.63, 3.8) is 0 Å². The second-order valence-corrected chi connectivity index (χ2v) is 9.70. The number of hydrogen-bond donors (Lipinski definition) is 0. The van der Waals surface area contributed by atoms with Crippen LogP contribution in [-0.4, -0.2) is 170 Å². The second-order valence-electron chi connectivity index (χ2n) is 9.70. The van der Waals surface area contributed by atoms with Gasteiger partial charge in [0.1, 0.15) is 12.4 Å². The van der Waals surface area contributed by atoms with E-state index in [9.17, 15) is 10.1 Å². The third-order valence-electron chi connectivity index (χ3n) is 5.87. The van der Waals surface area contributed by atoms with E-state index in [1.54, 1.807) is 18.2 Å². The van der Waals surface area contributed by atoms with Crippen LogP contribution in [0.5, 0.6) is 5.75 Å². The van der Waals surface area contributed by atoms with E-state index in [2.05, 4.69) is 6.58 Å². The Hall–Kier alpha value is -2.32. The van der Waals surface area contributed by atoms with Crippen LogP contribution in [-0.2, 0) is 56.8 Å². The molecule has 284 valence electrons. The summed E-state index contributed by atoms with van der Waals surface area (Å²) in [6.07, 6.45) is 1.71. The topological polar surface area (TPSA) is 163 Å². The molecule has 0 unspecified atom stereocenters. The minimum Gasteiger partial charge on any atom is -0.491 e. The summed E-state index contributed by atoms with van der Waals surface area (Å²) in [6.45, 7) is 15.7. The Morgan fingerprint density at radius 1 is 0.429 bits per heavy atom. The molecule has 49 heavy (non-hydrogen) atoms. The zero-order chi connectivity index (χ0) is 35.1. The van der Waals surface area contributed by atoms with Gasteiger partial charge in [-0.15, -0.1) is 6.58 Å². The van der Waals surface area contributed by atoms with Crippen LogP contribution in [0.2, 0.25) is 0 Å². The molecule has 0 fully saturated rings. The van der Waals surface area contributed by atoms with Crippen LogP contribution in [0.25, 0.3) is 0 Å². The van der Waals surface area contributed by atoms with Crippen molar-refractivity contribution in [1.29, 1.82) is 0 Å². The number of nitro groups is 1. The van der Waals surface area contributed by atoms with Crippen molar-refractivity contribution in [2.75, 3.05) is 165 Å². The number of benzene rings is 1. The standard InChI is InChI=1S/C33H57NO15/c1-2-7-37-8-9-38-10-11-39-12-13-40-14-15-41-16-17-42-18-19-43-20-21-44-22-23-45-24-25-46-26-27-47-28-29-48-30-31-49-33-5-3-32(4-6-33)34(35)36/h2-6H,1,7-31H2. The molecule has 0 heterocycles. The molecule has 16 nitrogen and oxygen atoms in total. The Labute approximate surface area is 290 Å². The van der Waals surface area contributed by atoms with Gasteiger partial charge in [-0.2, -0.15) is 0 Å². The first-order valence-electron chi connectivity index (χ1n) is 16.6. The maximum absolute atomic E-state index is 10.6. The van der Waals surface area contributed by atoms with Gasteiger partial charge in [-0.1, -0.05) is 6.08 Å². The van der Waals surface area contributed by atoms with Crippen LogP contribution < -0.4 is 4.74 Å². The molecule has 0 spiro atoms. The van der Waals surface area contributed by atoms with Crippen LogP contribution in [0, 0.1) is 10.1 Å². The SMILES string of the molecule is C=CCOCCOCCOCCOCCOCCOCCOCCOCCOCCOCCOCCOCCOc1ccc([N+](=O)[O-])cc1. The number of rotatable bonds is 40. The van der Waals surface area contributed by atoms with E-state index in [0.717, 1.165) is 0 Å². The van der Waals surface area contributed by atoms with Gasteiger partial charge in [0.05, 0.1) is 163 Å². The van der Waals surface area contributed by atoms with Gasteiger partial charge in [-0.05, 0) is 12.1 Å². The van der Waals surface area contributed by atoms with Crippen LogP contribution in [0.3, 0.4) is 0 Å². The summed E-state index contributed by atoms with van der Waals surface area (Å²) >= 11 is 0. The average Bonchev–Trinajstić information content (AvgIpc) is 3.11. The predicted molar refractivity (Wildman–Crippen MR) is 179 cm³/mol. The van der Waals surface area contributed by atoms with Gasteiger partial charge in [-0.25, -0.2) is 0 Å². The lowest BCUT2D eigenvalue weighted by Crippen LogP contribution is -2.15. The summed E-state index contributed by atoms with van der Waals surface area (Å²) in [4.78, 5) is 10.2. The highest BCUT2D eigenvalue weighted by atomic mass is 16.6. The van der Waals surface area contributed by atoms with E-state index >= 15 is 0 Å². The first-order chi connectivity index (χ1) is 24.2. The zero-order valence-electron chi connectivity index (χ0n) is 28.8. The summed E-state index contributed by atoms with van der Waals surface area (Å²) in [5.41, 5.74) is 0.0243. The fraction of sp³-hybridized carbons (Fsp3) is 0.758. The molecule has 0 aliphatic rings. The highest BCUT2D eigenvalue weighted by molar-refractivity contribution is 5.35. The number of nitrogens with zero attached hydrogens (tertiary/aromatic N) is 1. The molecule has 0 atom stereocenters. The van der Waals surface area contributed by atoms with Gasteiger partial charge in [0, 0.05) is 12.1 Å². The van der Waals surface area contributed by atoms with Gasteiger partial charge in [0.2, 0.25) is 0 Å². The van der Waals surface area contributed by atoms with Crippen LogP contribution in [0.15, 0.2) is 36.9 Å². The lowest BCUT2D eigenvalue weighted by atomic mass is 10.3. The molecule has 0 N–H and O–H groups in total. The average molecular weight is 708 g/mol. The number of nitro benzene ring substituents is 1. The zero-order valence-corrected chi connectivity index (χ0v) is 28.8. The van der Waals surface area contributed by atoms with Crippen molar-refractivity contribution in [3.8, 4) is 5.75 Å². The molecule has 0 amide bonds. The Balaban J connectivity index is 1.64. The van der Waals surface area contributed by atoms with E-state index < -0.39 is 4.92 Å². The van der Waals surface area contributed by atoms with Crippen LogP contribution >= 0.6 is 0 Å². The number of ether oxygens (including phenoxy) is 13. The number of hydrogen-bond acceptors (Lipinski definition) is 15. The molecule has 0 aliphatic carbocycles. The molecule has 0 aliphatic heterocycles. The third kappa shape index (κ3) is 32.6. The number of non-ortho nitro benzene ring substituents is 1. The summed E-state index contributed by atoms with van der Waals surface area (Å²) in [5.74, 6) is 0.555. The Morgan fingerprint density at radius 2 is 0.673 bits per heavy atom. The molecule has 1 aromatic rings. The van der Waals surface area contributed by atoms with Crippen molar-refractivity contribution in [3.05, 3.63) is 47.0 Å². The van der Waals surface area contributed by atoms with Gasteiger partial charge < -0.3 is 61.6 Å². The lowest BCUT2D eigenvalue weighted by Gasteiger charge is -2.09. The highest BCUT2D eigenvalue weighted by Gasteiger charge is 2.04. The van der Waals surface area contributed by atoms with Crippen molar-refractivity contribution in [2.45, 2.75) is 0 Å². The van der Waals surface area contributed by atoms with E-state index in [1.807, 2.05) is 0 Å². The van der Waals surface area contributed by atoms with Crippen LogP contribution in [0.4, 0.5) is 5.69 Å². The fourth-order valence-electron chi connectivity index (χ4n) is 3.47. The lowest BCUT2D eigenvalue weighted by molar-refractivity contribution is -0.384. The Bertz CT molecular complexity index is 850. The maximum atomic E-state index is 10.6. The Morgan fingerprint density at radius 3 is 0.918 bits per heavy atom. The largest absolute Gasteiger partial charge is 0.491 e. The molecule has 1 aromatic carbocycles. The van der Waals surface area contributed by atoms with Gasteiger partial charge in [0.15, 0.2) is 0 Å². The van der Waals surface area contributed by atoms with Gasteiger partial charge >= 0.3 is 0 Å². The summed E-state index contributed by atoms with van der Waals surface area (Å²) in [7, 11) is 0. The van der Waals surface area contributed by atoms with E-state index in [-0.39, 0.29) is 5.69 Å². The molecule has 1 rings (SSSR count). The highest BCUT2D eigenvalue weighted by Crippen LogP contribution is 2.17. The van der Waals surface area contributed by atoms with Crippen LogP contribution in [0.1, 0.15) is 0 Å². The second kappa shape index (κ2) is 36.9. The summed E-state index contributed by atoms with van der Waals surface area (Å²) in [5, 5.41) is 10.6. The quantitative estimate of drug-likeness (QED) is 0.0423. The maximum Gasteiger partial charge on any atom is 0.269 e. The summed E-state index contributed by atoms with van der Waals surface area (Å²) < 4.78 is 70.6. The summed E-state index contributed by atoms with van der Waals surface area (Å²) in [6, 6.07) is 5.91. The first kappa shape index (κ1) is 44.7. The smallest absolute Gasteiger partial charge is 0.269 e. The predicted octanol–water partition coefficient (Wildman–Crippen LogP) is 2.36. The molecule has 0 bridgehead atoms. The van der Waals surface area contributed by atoms with Crippen molar-refractivity contribution in [2.24, 2.45) is 0 Å². The third-order valence-corrected chi connectivity index (χ3v) is 5.87. The molecular weight excluding hydrogens is 650 g/mol. The molecule has 0 saturated heterocycles. The van der Waals surface area contributed by atoms with Crippen molar-refractivity contribution >= 4 is 5.69 Å². The van der Waals surface area contributed by atoms with Gasteiger partial charge in [-0.3, -0.25) is 10.1 Å². The van der Waals surface area contributed by atoms with E-state index in [4.69, 9.17) is 61.6 Å². The van der Waals surface area contributed by atoms with Crippen molar-refractivity contribution < 1.29 is 66.5 Å². The minimum atomic E-state index is -0.453. The molecule has 0 radical (unpaired) electrons. The minimum absolute atomic E-state index is 0.0243. The first-order valence-corrected chi connectivity index (χ1v) is 16.6. The van der Waals surface area contributed by atoms with Crippen molar-refractivity contribution in [1.82, 2.24) is 0 Å². The van der Waals surface area contributed by atoms with E-state index in [0.29, 0.717) is 171 Å². The molecule has 16 heteroatoms. The van der Waals surface area contributed by atoms with E-state index in [1.165, 1.54) is 12.1 Å². The molecular formula is C33H57NO15. The molecule has 0 saturated carbocycles. The molecule has 0 aromatic heterocycles. The van der Waals surface area contributed by atoms with Gasteiger partial charge in [0.25, 0.3) is 5.69 Å². The fourth-order valence-corrected chi connectivity index (χ4v) is 3.47.